The summed E-state index contributed by atoms with van der Waals surface area (Å²) in [7, 11) is 0. The van der Waals surface area contributed by atoms with Crippen molar-refractivity contribution >= 4 is 18.3 Å². The van der Waals surface area contributed by atoms with Crippen molar-refractivity contribution in [3.63, 3.8) is 0 Å². The molecular weight excluding hydrogens is 324 g/mol. The number of benzene rings is 2. The molecule has 0 saturated carbocycles. The summed E-state index contributed by atoms with van der Waals surface area (Å²) in [5.41, 5.74) is 0.643. The molecule has 2 heterocycles. The first-order valence-electron chi connectivity index (χ1n) is 8.13. The Morgan fingerprint density at radius 2 is 1.58 bits per heavy atom. The molecule has 2 aromatic carbocycles. The fourth-order valence-electron chi connectivity index (χ4n) is 3.54. The molecule has 1 amide bonds. The Morgan fingerprint density at radius 3 is 2.29 bits per heavy atom. The number of fused-ring (bicyclic) bond motifs is 1. The van der Waals surface area contributed by atoms with E-state index in [-0.39, 0.29) is 18.3 Å². The maximum Gasteiger partial charge on any atom is 0.257 e. The largest absolute Gasteiger partial charge is 0.457 e. The van der Waals surface area contributed by atoms with E-state index in [1.807, 2.05) is 59.5 Å². The van der Waals surface area contributed by atoms with E-state index in [9.17, 15) is 4.79 Å². The quantitative estimate of drug-likeness (QED) is 0.929. The number of nitrogens with one attached hydrogen (secondary N) is 1. The van der Waals surface area contributed by atoms with Crippen molar-refractivity contribution in [1.29, 1.82) is 0 Å². The molecule has 0 radical (unpaired) electrons. The lowest BCUT2D eigenvalue weighted by Gasteiger charge is -2.19. The zero-order valence-electron chi connectivity index (χ0n) is 13.4. The number of para-hydroxylation sites is 2. The fourth-order valence-corrected chi connectivity index (χ4v) is 3.54. The standard InChI is InChI=1S/C19H20N2O2.ClH/c22-19(21-12-14-10-20-11-15(14)13-21)17-8-4-5-9-18(17)23-16-6-2-1-3-7-16;/h1-9,14-15,20H,10-13H2;1H/t14-,15+;. The number of nitrogens with zero attached hydrogens (tertiary/aromatic N) is 1. The van der Waals surface area contributed by atoms with Crippen LogP contribution in [0.1, 0.15) is 10.4 Å². The average Bonchev–Trinajstić information content (AvgIpc) is 3.17. The maximum atomic E-state index is 12.9. The molecular formula is C19H21ClN2O2. The Kier molecular flexibility index (Phi) is 5.07. The number of halogens is 1. The van der Waals surface area contributed by atoms with Gasteiger partial charge in [0.15, 0.2) is 0 Å². The van der Waals surface area contributed by atoms with Gasteiger partial charge in [0.2, 0.25) is 0 Å². The first-order valence-corrected chi connectivity index (χ1v) is 8.13. The third-order valence-corrected chi connectivity index (χ3v) is 4.77. The van der Waals surface area contributed by atoms with Gasteiger partial charge in [-0.1, -0.05) is 30.3 Å². The van der Waals surface area contributed by atoms with Gasteiger partial charge in [0.05, 0.1) is 5.56 Å². The van der Waals surface area contributed by atoms with Crippen LogP contribution >= 0.6 is 12.4 Å². The Bertz CT molecular complexity index is 696. The number of likely N-dealkylation sites (tertiary alicyclic amines) is 1. The van der Waals surface area contributed by atoms with Crippen LogP contribution in [0.4, 0.5) is 0 Å². The molecule has 0 aromatic heterocycles. The molecule has 2 aliphatic heterocycles. The molecule has 2 atom stereocenters. The minimum absolute atomic E-state index is 0. The number of hydrogen-bond donors (Lipinski definition) is 1. The predicted molar refractivity (Wildman–Crippen MR) is 96.0 cm³/mol. The summed E-state index contributed by atoms with van der Waals surface area (Å²) >= 11 is 0. The van der Waals surface area contributed by atoms with Crippen molar-refractivity contribution in [2.75, 3.05) is 26.2 Å². The molecule has 0 spiro atoms. The van der Waals surface area contributed by atoms with E-state index in [4.69, 9.17) is 4.74 Å². The Morgan fingerprint density at radius 1 is 0.958 bits per heavy atom. The molecule has 4 rings (SSSR count). The molecule has 126 valence electrons. The first-order chi connectivity index (χ1) is 11.3. The molecule has 2 saturated heterocycles. The van der Waals surface area contributed by atoms with Crippen molar-refractivity contribution < 1.29 is 9.53 Å². The molecule has 1 N–H and O–H groups in total. The van der Waals surface area contributed by atoms with Crippen LogP contribution in [0.3, 0.4) is 0 Å². The van der Waals surface area contributed by atoms with Gasteiger partial charge in [0.1, 0.15) is 11.5 Å². The second-order valence-corrected chi connectivity index (χ2v) is 6.30. The number of ether oxygens (including phenoxy) is 1. The summed E-state index contributed by atoms with van der Waals surface area (Å²) in [4.78, 5) is 14.9. The Hall–Kier alpha value is -2.04. The van der Waals surface area contributed by atoms with E-state index in [2.05, 4.69) is 5.32 Å². The van der Waals surface area contributed by atoms with E-state index in [1.165, 1.54) is 0 Å². The van der Waals surface area contributed by atoms with Crippen molar-refractivity contribution in [2.45, 2.75) is 0 Å². The minimum atomic E-state index is 0. The third kappa shape index (κ3) is 3.25. The van der Waals surface area contributed by atoms with Gasteiger partial charge in [0.25, 0.3) is 5.91 Å². The van der Waals surface area contributed by atoms with E-state index in [0.29, 0.717) is 23.1 Å². The lowest BCUT2D eigenvalue weighted by molar-refractivity contribution is 0.0779. The monoisotopic (exact) mass is 344 g/mol. The lowest BCUT2D eigenvalue weighted by Crippen LogP contribution is -2.32. The number of carbonyl (C=O) groups excluding carboxylic acids is 1. The molecule has 24 heavy (non-hydrogen) atoms. The molecule has 2 fully saturated rings. The molecule has 0 aliphatic carbocycles. The number of hydrogen-bond acceptors (Lipinski definition) is 3. The molecule has 2 aliphatic rings. The van der Waals surface area contributed by atoms with Gasteiger partial charge in [0, 0.05) is 26.2 Å². The molecule has 0 unspecified atom stereocenters. The normalized spacial score (nSPS) is 21.9. The van der Waals surface area contributed by atoms with Crippen LogP contribution in [0.2, 0.25) is 0 Å². The van der Waals surface area contributed by atoms with Crippen LogP contribution in [-0.4, -0.2) is 37.0 Å². The van der Waals surface area contributed by atoms with Crippen LogP contribution in [0, 0.1) is 11.8 Å². The van der Waals surface area contributed by atoms with Gasteiger partial charge in [-0.05, 0) is 36.1 Å². The van der Waals surface area contributed by atoms with Crippen molar-refractivity contribution in [3.8, 4) is 11.5 Å². The zero-order chi connectivity index (χ0) is 15.6. The van der Waals surface area contributed by atoms with Crippen molar-refractivity contribution in [3.05, 3.63) is 60.2 Å². The third-order valence-electron chi connectivity index (χ3n) is 4.77. The predicted octanol–water partition coefficient (Wildman–Crippen LogP) is 3.19. The summed E-state index contributed by atoms with van der Waals surface area (Å²) in [5, 5.41) is 3.40. The molecule has 5 heteroatoms. The maximum absolute atomic E-state index is 12.9. The summed E-state index contributed by atoms with van der Waals surface area (Å²) in [6.07, 6.45) is 0. The van der Waals surface area contributed by atoms with Gasteiger partial charge in [-0.25, -0.2) is 0 Å². The SMILES string of the molecule is Cl.O=C(c1ccccc1Oc1ccccc1)N1C[C@H]2CNC[C@H]2C1. The zero-order valence-corrected chi connectivity index (χ0v) is 14.2. The average molecular weight is 345 g/mol. The number of carbonyl (C=O) groups is 1. The minimum Gasteiger partial charge on any atom is -0.457 e. The van der Waals surface area contributed by atoms with Gasteiger partial charge in [-0.3, -0.25) is 4.79 Å². The smallest absolute Gasteiger partial charge is 0.257 e. The summed E-state index contributed by atoms with van der Waals surface area (Å²) in [6, 6.07) is 17.1. The van der Waals surface area contributed by atoms with E-state index < -0.39 is 0 Å². The second kappa shape index (κ2) is 7.24. The highest BCUT2D eigenvalue weighted by molar-refractivity contribution is 5.97. The molecule has 0 bridgehead atoms. The molecule has 4 nitrogen and oxygen atoms in total. The lowest BCUT2D eigenvalue weighted by atomic mass is 10.0. The van der Waals surface area contributed by atoms with Gasteiger partial charge >= 0.3 is 0 Å². The van der Waals surface area contributed by atoms with E-state index in [1.54, 1.807) is 0 Å². The summed E-state index contributed by atoms with van der Waals surface area (Å²) < 4.78 is 5.92. The number of rotatable bonds is 3. The van der Waals surface area contributed by atoms with Crippen molar-refractivity contribution in [1.82, 2.24) is 10.2 Å². The Balaban J connectivity index is 0.00000169. The van der Waals surface area contributed by atoms with E-state index >= 15 is 0 Å². The highest BCUT2D eigenvalue weighted by Gasteiger charge is 2.38. The topological polar surface area (TPSA) is 41.6 Å². The number of amides is 1. The van der Waals surface area contributed by atoms with E-state index in [0.717, 1.165) is 31.9 Å². The second-order valence-electron chi connectivity index (χ2n) is 6.30. The summed E-state index contributed by atoms with van der Waals surface area (Å²) in [6.45, 7) is 3.74. The van der Waals surface area contributed by atoms with Gasteiger partial charge < -0.3 is 15.0 Å². The fraction of sp³-hybridized carbons (Fsp3) is 0.316. The first kappa shape index (κ1) is 16.8. The van der Waals surface area contributed by atoms with Gasteiger partial charge in [-0.15, -0.1) is 12.4 Å². The van der Waals surface area contributed by atoms with Crippen LogP contribution in [0.15, 0.2) is 54.6 Å². The van der Waals surface area contributed by atoms with Gasteiger partial charge in [-0.2, -0.15) is 0 Å². The highest BCUT2D eigenvalue weighted by atomic mass is 35.5. The summed E-state index contributed by atoms with van der Waals surface area (Å²) in [5.74, 6) is 2.64. The van der Waals surface area contributed by atoms with Crippen LogP contribution in [0.25, 0.3) is 0 Å². The van der Waals surface area contributed by atoms with Crippen LogP contribution in [-0.2, 0) is 0 Å². The van der Waals surface area contributed by atoms with Crippen LogP contribution in [0.5, 0.6) is 11.5 Å². The Labute approximate surface area is 148 Å². The highest BCUT2D eigenvalue weighted by Crippen LogP contribution is 2.31. The van der Waals surface area contributed by atoms with Crippen LogP contribution < -0.4 is 10.1 Å². The van der Waals surface area contributed by atoms with Crippen molar-refractivity contribution in [2.24, 2.45) is 11.8 Å². The molecule has 2 aromatic rings.